The van der Waals surface area contributed by atoms with Crippen molar-refractivity contribution < 1.29 is 27.1 Å². The van der Waals surface area contributed by atoms with Crippen LogP contribution in [0.3, 0.4) is 0 Å². The van der Waals surface area contributed by atoms with Gasteiger partial charge in [0.25, 0.3) is 5.91 Å². The minimum absolute atomic E-state index is 0.0614. The van der Waals surface area contributed by atoms with Crippen molar-refractivity contribution in [2.75, 3.05) is 45.4 Å². The SMILES string of the molecule is COCCN(CCOC)S(=O)(=O)c1ccc(C(=O)N(Cc2ccccc2)c2nc3ccc(F)cc3s2)cc1. The van der Waals surface area contributed by atoms with Crippen LogP contribution in [0, 0.1) is 5.82 Å². The summed E-state index contributed by atoms with van der Waals surface area (Å²) < 4.78 is 52.3. The van der Waals surface area contributed by atoms with Crippen molar-refractivity contribution in [3.63, 3.8) is 0 Å². The molecule has 200 valence electrons. The summed E-state index contributed by atoms with van der Waals surface area (Å²) in [5.74, 6) is -0.733. The molecule has 0 fully saturated rings. The number of benzene rings is 3. The molecule has 8 nitrogen and oxygen atoms in total. The van der Waals surface area contributed by atoms with E-state index in [0.29, 0.717) is 20.9 Å². The number of fused-ring (bicyclic) bond motifs is 1. The number of rotatable bonds is 12. The summed E-state index contributed by atoms with van der Waals surface area (Å²) in [5.41, 5.74) is 1.77. The first-order chi connectivity index (χ1) is 18.3. The predicted octanol–water partition coefficient (Wildman–Crippen LogP) is 4.57. The molecule has 3 aromatic carbocycles. The van der Waals surface area contributed by atoms with Gasteiger partial charge in [0.15, 0.2) is 5.13 Å². The second-order valence-electron chi connectivity index (χ2n) is 8.40. The summed E-state index contributed by atoms with van der Waals surface area (Å²) >= 11 is 1.22. The first kappa shape index (κ1) is 27.8. The zero-order chi connectivity index (χ0) is 27.1. The molecule has 1 amide bonds. The molecular formula is C27H28FN3O5S2. The lowest BCUT2D eigenvalue weighted by Gasteiger charge is -2.22. The number of amides is 1. The summed E-state index contributed by atoms with van der Waals surface area (Å²) in [6.45, 7) is 1.06. The fourth-order valence-corrected chi connectivity index (χ4v) is 6.20. The minimum Gasteiger partial charge on any atom is -0.383 e. The van der Waals surface area contributed by atoms with E-state index in [9.17, 15) is 17.6 Å². The van der Waals surface area contributed by atoms with Gasteiger partial charge in [-0.2, -0.15) is 4.31 Å². The second-order valence-corrected chi connectivity index (χ2v) is 11.3. The molecular weight excluding hydrogens is 529 g/mol. The summed E-state index contributed by atoms with van der Waals surface area (Å²) in [7, 11) is -0.819. The van der Waals surface area contributed by atoms with E-state index in [2.05, 4.69) is 4.98 Å². The molecule has 0 spiro atoms. The predicted molar refractivity (Wildman–Crippen MR) is 145 cm³/mol. The van der Waals surface area contributed by atoms with Crippen LogP contribution in [0.1, 0.15) is 15.9 Å². The first-order valence-electron chi connectivity index (χ1n) is 11.8. The lowest BCUT2D eigenvalue weighted by atomic mass is 10.1. The lowest BCUT2D eigenvalue weighted by Crippen LogP contribution is -2.36. The molecule has 0 radical (unpaired) electrons. The average Bonchev–Trinajstić information content (AvgIpc) is 3.35. The third-order valence-electron chi connectivity index (χ3n) is 5.83. The Labute approximate surface area is 225 Å². The normalized spacial score (nSPS) is 11.8. The van der Waals surface area contributed by atoms with Crippen molar-refractivity contribution in [2.24, 2.45) is 0 Å². The number of hydrogen-bond acceptors (Lipinski definition) is 7. The number of thiazole rings is 1. The number of halogens is 1. The van der Waals surface area contributed by atoms with Gasteiger partial charge in [-0.25, -0.2) is 17.8 Å². The van der Waals surface area contributed by atoms with E-state index < -0.39 is 10.0 Å². The molecule has 4 rings (SSSR count). The molecule has 0 aliphatic carbocycles. The van der Waals surface area contributed by atoms with E-state index in [-0.39, 0.29) is 49.5 Å². The summed E-state index contributed by atoms with van der Waals surface area (Å²) in [5, 5.41) is 0.418. The Hall–Kier alpha value is -3.22. The van der Waals surface area contributed by atoms with Gasteiger partial charge in [-0.3, -0.25) is 9.69 Å². The Bertz CT molecular complexity index is 1470. The van der Waals surface area contributed by atoms with Gasteiger partial charge in [0, 0.05) is 32.9 Å². The molecule has 0 atom stereocenters. The van der Waals surface area contributed by atoms with E-state index in [1.54, 1.807) is 6.07 Å². The number of anilines is 1. The van der Waals surface area contributed by atoms with E-state index in [1.807, 2.05) is 30.3 Å². The highest BCUT2D eigenvalue weighted by Gasteiger charge is 2.26. The molecule has 0 bridgehead atoms. The van der Waals surface area contributed by atoms with Crippen molar-refractivity contribution in [1.29, 1.82) is 0 Å². The zero-order valence-corrected chi connectivity index (χ0v) is 22.7. The van der Waals surface area contributed by atoms with E-state index in [4.69, 9.17) is 9.47 Å². The Morgan fingerprint density at radius 1 is 0.947 bits per heavy atom. The third kappa shape index (κ3) is 6.43. The van der Waals surface area contributed by atoms with E-state index in [0.717, 1.165) is 5.56 Å². The molecule has 1 aromatic heterocycles. The topological polar surface area (TPSA) is 89.0 Å². The number of sulfonamides is 1. The molecule has 38 heavy (non-hydrogen) atoms. The minimum atomic E-state index is -3.83. The van der Waals surface area contributed by atoms with Gasteiger partial charge in [0.1, 0.15) is 5.82 Å². The zero-order valence-electron chi connectivity index (χ0n) is 21.0. The average molecular weight is 558 g/mol. The van der Waals surface area contributed by atoms with Gasteiger partial charge in [0.05, 0.1) is 34.9 Å². The summed E-state index contributed by atoms with van der Waals surface area (Å²) in [6.07, 6.45) is 0. The maximum atomic E-state index is 13.8. The van der Waals surface area contributed by atoms with Gasteiger partial charge in [0.2, 0.25) is 10.0 Å². The van der Waals surface area contributed by atoms with Crippen molar-refractivity contribution >= 4 is 42.6 Å². The standard InChI is InChI=1S/C27H28FN3O5S2/c1-35-16-14-30(15-17-36-2)38(33,34)23-11-8-21(9-12-23)26(32)31(19-20-6-4-3-5-7-20)27-29-24-13-10-22(28)18-25(24)37-27/h3-13,18H,14-17,19H2,1-2H3. The van der Waals surface area contributed by atoms with E-state index in [1.165, 1.54) is 71.2 Å². The van der Waals surface area contributed by atoms with Crippen LogP contribution in [-0.2, 0) is 26.0 Å². The smallest absolute Gasteiger partial charge is 0.260 e. The highest BCUT2D eigenvalue weighted by atomic mass is 32.2. The molecule has 0 unspecified atom stereocenters. The highest BCUT2D eigenvalue weighted by molar-refractivity contribution is 7.89. The fourth-order valence-electron chi connectivity index (χ4n) is 3.81. The second kappa shape index (κ2) is 12.5. The number of methoxy groups -OCH3 is 2. The van der Waals surface area contributed by atoms with Gasteiger partial charge in [-0.05, 0) is 48.0 Å². The highest BCUT2D eigenvalue weighted by Crippen LogP contribution is 2.31. The lowest BCUT2D eigenvalue weighted by molar-refractivity contribution is 0.0985. The van der Waals surface area contributed by atoms with E-state index >= 15 is 0 Å². The number of nitrogens with zero attached hydrogens (tertiary/aromatic N) is 3. The van der Waals surface area contributed by atoms with Gasteiger partial charge >= 0.3 is 0 Å². The largest absolute Gasteiger partial charge is 0.383 e. The molecule has 4 aromatic rings. The van der Waals surface area contributed by atoms with Crippen molar-refractivity contribution in [2.45, 2.75) is 11.4 Å². The maximum absolute atomic E-state index is 13.8. The molecule has 0 aliphatic heterocycles. The van der Waals surface area contributed by atoms with Crippen LogP contribution in [0.4, 0.5) is 9.52 Å². The Morgan fingerprint density at radius 3 is 2.24 bits per heavy atom. The van der Waals surface area contributed by atoms with Gasteiger partial charge in [-0.1, -0.05) is 41.7 Å². The van der Waals surface area contributed by atoms with Crippen LogP contribution < -0.4 is 4.90 Å². The molecule has 11 heteroatoms. The number of carbonyl (C=O) groups excluding carboxylic acids is 1. The van der Waals surface area contributed by atoms with Crippen LogP contribution in [-0.4, -0.2) is 64.1 Å². The maximum Gasteiger partial charge on any atom is 0.260 e. The van der Waals surface area contributed by atoms with Crippen molar-refractivity contribution in [1.82, 2.24) is 9.29 Å². The first-order valence-corrected chi connectivity index (χ1v) is 14.1. The van der Waals surface area contributed by atoms with Crippen molar-refractivity contribution in [3.8, 4) is 0 Å². The molecule has 0 N–H and O–H groups in total. The molecule has 0 aliphatic rings. The molecule has 1 heterocycles. The number of aromatic nitrogens is 1. The Balaban J connectivity index is 1.64. The summed E-state index contributed by atoms with van der Waals surface area (Å²) in [6, 6.07) is 19.6. The molecule has 0 saturated carbocycles. The summed E-state index contributed by atoms with van der Waals surface area (Å²) in [4.78, 5) is 19.8. The van der Waals surface area contributed by atoms with Crippen LogP contribution in [0.5, 0.6) is 0 Å². The Morgan fingerprint density at radius 2 is 1.61 bits per heavy atom. The molecule has 0 saturated heterocycles. The fraction of sp³-hybridized carbons (Fsp3) is 0.259. The quantitative estimate of drug-likeness (QED) is 0.254. The number of ether oxygens (including phenoxy) is 2. The monoisotopic (exact) mass is 557 g/mol. The van der Waals surface area contributed by atoms with Gasteiger partial charge < -0.3 is 9.47 Å². The number of carbonyl (C=O) groups is 1. The van der Waals surface area contributed by atoms with Crippen LogP contribution >= 0.6 is 11.3 Å². The van der Waals surface area contributed by atoms with Crippen molar-refractivity contribution in [3.05, 3.63) is 89.7 Å². The van der Waals surface area contributed by atoms with Crippen LogP contribution in [0.25, 0.3) is 10.2 Å². The van der Waals surface area contributed by atoms with Gasteiger partial charge in [-0.15, -0.1) is 0 Å². The van der Waals surface area contributed by atoms with Crippen LogP contribution in [0.2, 0.25) is 0 Å². The third-order valence-corrected chi connectivity index (χ3v) is 8.78. The number of hydrogen-bond donors (Lipinski definition) is 0. The Kier molecular flexibility index (Phi) is 9.18. The van der Waals surface area contributed by atoms with Crippen LogP contribution in [0.15, 0.2) is 77.7 Å².